The number of rotatable bonds is 5. The first-order valence-electron chi connectivity index (χ1n) is 12.1. The van der Waals surface area contributed by atoms with E-state index in [0.717, 1.165) is 76.7 Å². The molecule has 3 saturated carbocycles. The van der Waals surface area contributed by atoms with Crippen LogP contribution in [-0.2, 0) is 5.41 Å². The number of nitrogens with one attached hydrogen (secondary N) is 1. The largest absolute Gasteiger partial charge is 0.390 e. The highest BCUT2D eigenvalue weighted by molar-refractivity contribution is 7.14. The number of aliphatic hydroxyl groups is 1. The van der Waals surface area contributed by atoms with Gasteiger partial charge in [0.15, 0.2) is 5.01 Å². The second kappa shape index (κ2) is 8.11. The van der Waals surface area contributed by atoms with Crippen molar-refractivity contribution < 1.29 is 5.11 Å². The third-order valence-electron chi connectivity index (χ3n) is 7.56. The summed E-state index contributed by atoms with van der Waals surface area (Å²) in [4.78, 5) is 4.77. The molecule has 9 heteroatoms. The third kappa shape index (κ3) is 3.77. The Bertz CT molecular complexity index is 1440. The predicted molar refractivity (Wildman–Crippen MR) is 135 cm³/mol. The second-order valence-electron chi connectivity index (χ2n) is 10.2. The maximum Gasteiger partial charge on any atom is 0.151 e. The number of fused-ring (bicyclic) bond motifs is 4. The Morgan fingerprint density at radius 3 is 2.57 bits per heavy atom. The third-order valence-corrected chi connectivity index (χ3v) is 8.76. The van der Waals surface area contributed by atoms with Crippen molar-refractivity contribution in [3.8, 4) is 28.0 Å². The van der Waals surface area contributed by atoms with Gasteiger partial charge in [-0.25, -0.2) is 4.52 Å². The molecule has 0 amide bonds. The molecule has 3 aliphatic carbocycles. The van der Waals surface area contributed by atoms with Crippen molar-refractivity contribution in [2.75, 3.05) is 5.32 Å². The van der Waals surface area contributed by atoms with Crippen molar-refractivity contribution in [3.63, 3.8) is 0 Å². The Hall–Kier alpha value is -3.35. The molecule has 0 aromatic carbocycles. The topological polar surface area (TPSA) is 112 Å². The number of hydrogen-bond donors (Lipinski definition) is 2. The van der Waals surface area contributed by atoms with Crippen molar-refractivity contribution >= 4 is 22.5 Å². The summed E-state index contributed by atoms with van der Waals surface area (Å²) < 4.78 is 1.80. The highest BCUT2D eigenvalue weighted by atomic mass is 32.1. The molecular formula is C26H27N7OS. The number of anilines is 1. The number of pyridine rings is 1. The van der Waals surface area contributed by atoms with Gasteiger partial charge in [-0.1, -0.05) is 11.3 Å². The number of hydrogen-bond acceptors (Lipinski definition) is 8. The summed E-state index contributed by atoms with van der Waals surface area (Å²) in [6.45, 7) is 4.22. The molecule has 4 aromatic rings. The Morgan fingerprint density at radius 1 is 1.09 bits per heavy atom. The van der Waals surface area contributed by atoms with Gasteiger partial charge in [-0.05, 0) is 76.6 Å². The quantitative estimate of drug-likeness (QED) is 0.412. The average molecular weight is 486 g/mol. The van der Waals surface area contributed by atoms with Crippen LogP contribution in [-0.4, -0.2) is 41.5 Å². The lowest BCUT2D eigenvalue weighted by atomic mass is 9.59. The molecule has 0 atom stereocenters. The van der Waals surface area contributed by atoms with E-state index in [-0.39, 0.29) is 11.5 Å². The minimum atomic E-state index is -0.461. The molecule has 7 rings (SSSR count). The summed E-state index contributed by atoms with van der Waals surface area (Å²) >= 11 is 1.66. The van der Waals surface area contributed by atoms with Crippen molar-refractivity contribution in [3.05, 3.63) is 47.2 Å². The van der Waals surface area contributed by atoms with Gasteiger partial charge in [-0.3, -0.25) is 4.98 Å². The monoisotopic (exact) mass is 485 g/mol. The molecule has 4 aromatic heterocycles. The van der Waals surface area contributed by atoms with E-state index in [0.29, 0.717) is 5.56 Å². The Labute approximate surface area is 207 Å². The number of nitrogens with zero attached hydrogens (tertiary/aromatic N) is 6. The van der Waals surface area contributed by atoms with Gasteiger partial charge in [-0.15, -0.1) is 10.2 Å². The lowest BCUT2D eigenvalue weighted by Crippen LogP contribution is -2.48. The molecule has 8 nitrogen and oxygen atoms in total. The highest BCUT2D eigenvalue weighted by Crippen LogP contribution is 2.54. The van der Waals surface area contributed by atoms with Crippen LogP contribution in [0.15, 0.2) is 36.7 Å². The Balaban J connectivity index is 1.37. The maximum atomic E-state index is 10.6. The van der Waals surface area contributed by atoms with E-state index in [2.05, 4.69) is 40.5 Å². The van der Waals surface area contributed by atoms with Crippen LogP contribution < -0.4 is 5.32 Å². The SMILES string of the molecule is CC(C)Nc1cc(-c2ccc3cc(C#N)cnn23)ncc1-c1nnc(C23CCC(O)(CC2)CC3)s1. The summed E-state index contributed by atoms with van der Waals surface area (Å²) in [6, 6.07) is 10.1. The van der Waals surface area contributed by atoms with E-state index in [1.165, 1.54) is 0 Å². The van der Waals surface area contributed by atoms with E-state index in [1.54, 1.807) is 22.0 Å². The normalized spacial score (nSPS) is 23.6. The number of nitriles is 1. The molecule has 3 aliphatic rings. The average Bonchev–Trinajstić information content (AvgIpc) is 3.52. The van der Waals surface area contributed by atoms with Crippen molar-refractivity contribution in [1.82, 2.24) is 24.8 Å². The van der Waals surface area contributed by atoms with Crippen LogP contribution in [0.3, 0.4) is 0 Å². The zero-order chi connectivity index (χ0) is 24.2. The molecule has 178 valence electrons. The lowest BCUT2D eigenvalue weighted by Gasteiger charge is -2.49. The van der Waals surface area contributed by atoms with Gasteiger partial charge < -0.3 is 10.4 Å². The van der Waals surface area contributed by atoms with Gasteiger partial charge in [0.1, 0.15) is 11.1 Å². The molecule has 4 heterocycles. The molecule has 0 radical (unpaired) electrons. The van der Waals surface area contributed by atoms with Gasteiger partial charge >= 0.3 is 0 Å². The first-order chi connectivity index (χ1) is 16.9. The van der Waals surface area contributed by atoms with Crippen LogP contribution in [0, 0.1) is 11.3 Å². The first kappa shape index (κ1) is 22.1. The molecule has 0 spiro atoms. The van der Waals surface area contributed by atoms with Crippen LogP contribution >= 0.6 is 11.3 Å². The summed E-state index contributed by atoms with van der Waals surface area (Å²) in [6.07, 6.45) is 8.94. The fraction of sp³-hybridized carbons (Fsp3) is 0.423. The molecule has 0 aliphatic heterocycles. The van der Waals surface area contributed by atoms with Crippen LogP contribution in [0.5, 0.6) is 0 Å². The van der Waals surface area contributed by atoms with Gasteiger partial charge in [0.2, 0.25) is 0 Å². The highest BCUT2D eigenvalue weighted by Gasteiger charge is 2.50. The van der Waals surface area contributed by atoms with Crippen molar-refractivity contribution in [2.45, 2.75) is 69.4 Å². The summed E-state index contributed by atoms with van der Waals surface area (Å²) in [5.74, 6) is 0. The molecule has 2 N–H and O–H groups in total. The minimum absolute atomic E-state index is 0.0538. The predicted octanol–water partition coefficient (Wildman–Crippen LogP) is 4.94. The van der Waals surface area contributed by atoms with Crippen LogP contribution in [0.4, 0.5) is 5.69 Å². The summed E-state index contributed by atoms with van der Waals surface area (Å²) in [7, 11) is 0. The Kier molecular flexibility index (Phi) is 5.13. The van der Waals surface area contributed by atoms with E-state index >= 15 is 0 Å². The van der Waals surface area contributed by atoms with Gasteiger partial charge in [0.25, 0.3) is 0 Å². The van der Waals surface area contributed by atoms with E-state index in [4.69, 9.17) is 10.2 Å². The van der Waals surface area contributed by atoms with E-state index < -0.39 is 5.60 Å². The fourth-order valence-electron chi connectivity index (χ4n) is 5.48. The zero-order valence-corrected chi connectivity index (χ0v) is 20.6. The lowest BCUT2D eigenvalue weighted by molar-refractivity contribution is -0.0662. The van der Waals surface area contributed by atoms with Crippen LogP contribution in [0.1, 0.15) is 62.9 Å². The molecule has 3 fully saturated rings. The standard InChI is InChI=1S/C26H27N7OS/c1-16(2)30-20-12-21(22-4-3-18-11-17(13-27)14-29-33(18)22)28-15-19(20)23-31-32-24(35-23)25-5-8-26(34,9-6-25)10-7-25/h3-4,11-12,14-16,34H,5-10H2,1-2H3,(H,28,30). The summed E-state index contributed by atoms with van der Waals surface area (Å²) in [5, 5.41) is 39.0. The smallest absolute Gasteiger partial charge is 0.151 e. The van der Waals surface area contributed by atoms with Crippen LogP contribution in [0.2, 0.25) is 0 Å². The fourth-order valence-corrected chi connectivity index (χ4v) is 6.63. The number of aromatic nitrogens is 5. The zero-order valence-electron chi connectivity index (χ0n) is 19.8. The van der Waals surface area contributed by atoms with Crippen molar-refractivity contribution in [2.24, 2.45) is 0 Å². The molecule has 0 saturated heterocycles. The molecule has 35 heavy (non-hydrogen) atoms. The minimum Gasteiger partial charge on any atom is -0.390 e. The molecule has 2 bridgehead atoms. The van der Waals surface area contributed by atoms with Crippen LogP contribution in [0.25, 0.3) is 27.5 Å². The van der Waals surface area contributed by atoms with Gasteiger partial charge in [0, 0.05) is 23.3 Å². The summed E-state index contributed by atoms with van der Waals surface area (Å²) in [5.41, 5.74) is 4.51. The van der Waals surface area contributed by atoms with E-state index in [1.807, 2.05) is 30.5 Å². The van der Waals surface area contributed by atoms with Crippen molar-refractivity contribution in [1.29, 1.82) is 5.26 Å². The molecule has 0 unspecified atom stereocenters. The second-order valence-corrected chi connectivity index (χ2v) is 11.2. The Morgan fingerprint density at radius 2 is 1.86 bits per heavy atom. The van der Waals surface area contributed by atoms with Gasteiger partial charge in [0.05, 0.1) is 39.8 Å². The van der Waals surface area contributed by atoms with E-state index in [9.17, 15) is 5.11 Å². The maximum absolute atomic E-state index is 10.6. The molecular weight excluding hydrogens is 458 g/mol. The van der Waals surface area contributed by atoms with Gasteiger partial charge in [-0.2, -0.15) is 10.4 Å². The first-order valence-corrected chi connectivity index (χ1v) is 12.9.